The molecule has 3 rings (SSSR count). The number of hydrogen-bond donors (Lipinski definition) is 2. The van der Waals surface area contributed by atoms with Gasteiger partial charge in [0, 0.05) is 6.54 Å². The highest BCUT2D eigenvalue weighted by Gasteiger charge is 2.13. The number of hydrogen-bond acceptors (Lipinski definition) is 6. The van der Waals surface area contributed by atoms with Gasteiger partial charge < -0.3 is 15.9 Å². The van der Waals surface area contributed by atoms with Crippen LogP contribution in [0.4, 0.5) is 8.78 Å². The van der Waals surface area contributed by atoms with Crippen LogP contribution in [0.2, 0.25) is 0 Å². The fraction of sp³-hybridized carbons (Fsp3) is 0.167. The van der Waals surface area contributed by atoms with Gasteiger partial charge in [-0.05, 0) is 29.8 Å². The second kappa shape index (κ2) is 9.18. The first-order valence-electron chi connectivity index (χ1n) is 8.23. The van der Waals surface area contributed by atoms with Gasteiger partial charge in [0.15, 0.2) is 17.4 Å². The van der Waals surface area contributed by atoms with Crippen LogP contribution in [0.25, 0.3) is 0 Å². The number of para-hydroxylation sites is 1. The molecular formula is C18H17F2N5O2S. The van der Waals surface area contributed by atoms with E-state index in [2.05, 4.69) is 15.5 Å². The van der Waals surface area contributed by atoms with Gasteiger partial charge in [-0.1, -0.05) is 36.0 Å². The maximum atomic E-state index is 13.6. The number of ether oxygens (including phenoxy) is 1. The third-order valence-corrected chi connectivity index (χ3v) is 4.61. The molecule has 146 valence electrons. The SMILES string of the molecule is Nn1c(COc2ccccc2F)nnc1SCC(=O)NCc1ccc(F)cc1. The van der Waals surface area contributed by atoms with Crippen LogP contribution in [0.3, 0.4) is 0 Å². The summed E-state index contributed by atoms with van der Waals surface area (Å²) in [6.45, 7) is 0.221. The van der Waals surface area contributed by atoms with Crippen LogP contribution in [0.1, 0.15) is 11.4 Å². The summed E-state index contributed by atoms with van der Waals surface area (Å²) in [5.41, 5.74) is 0.786. The van der Waals surface area contributed by atoms with Crippen LogP contribution in [0, 0.1) is 11.6 Å². The molecule has 3 aromatic rings. The highest BCUT2D eigenvalue weighted by Crippen LogP contribution is 2.18. The molecule has 0 spiro atoms. The van der Waals surface area contributed by atoms with E-state index in [1.54, 1.807) is 24.3 Å². The predicted octanol–water partition coefficient (Wildman–Crippen LogP) is 2.26. The zero-order chi connectivity index (χ0) is 19.9. The number of nitrogens with two attached hydrogens (primary N) is 1. The van der Waals surface area contributed by atoms with Gasteiger partial charge in [-0.15, -0.1) is 10.2 Å². The first kappa shape index (κ1) is 19.6. The van der Waals surface area contributed by atoms with Gasteiger partial charge in [0.05, 0.1) is 5.75 Å². The molecule has 1 amide bonds. The third kappa shape index (κ3) is 5.19. The van der Waals surface area contributed by atoms with E-state index in [1.807, 2.05) is 0 Å². The molecule has 0 aliphatic carbocycles. The van der Waals surface area contributed by atoms with Crippen molar-refractivity contribution in [3.63, 3.8) is 0 Å². The standard InChI is InChI=1S/C18H17F2N5O2S/c19-13-7-5-12(6-8-13)9-22-17(26)11-28-18-24-23-16(25(18)21)10-27-15-4-2-1-3-14(15)20/h1-8H,9-11,21H2,(H,22,26). The molecule has 1 aromatic heterocycles. The molecule has 3 N–H and O–H groups in total. The van der Waals surface area contributed by atoms with E-state index >= 15 is 0 Å². The lowest BCUT2D eigenvalue weighted by Gasteiger charge is -2.07. The summed E-state index contributed by atoms with van der Waals surface area (Å²) >= 11 is 1.10. The molecule has 0 radical (unpaired) electrons. The third-order valence-electron chi connectivity index (χ3n) is 3.66. The van der Waals surface area contributed by atoms with Gasteiger partial charge in [-0.2, -0.15) is 0 Å². The molecule has 7 nitrogen and oxygen atoms in total. The molecule has 1 heterocycles. The van der Waals surface area contributed by atoms with E-state index in [0.29, 0.717) is 5.16 Å². The number of carbonyl (C=O) groups excluding carboxylic acids is 1. The Morgan fingerprint density at radius 1 is 1.14 bits per heavy atom. The summed E-state index contributed by atoms with van der Waals surface area (Å²) in [5.74, 6) is 5.29. The average Bonchev–Trinajstić information content (AvgIpc) is 3.05. The minimum atomic E-state index is -0.488. The van der Waals surface area contributed by atoms with E-state index in [0.717, 1.165) is 17.3 Å². The molecule has 0 saturated heterocycles. The maximum Gasteiger partial charge on any atom is 0.230 e. The quantitative estimate of drug-likeness (QED) is 0.441. The first-order chi connectivity index (χ1) is 13.5. The lowest BCUT2D eigenvalue weighted by Crippen LogP contribution is -2.25. The normalized spacial score (nSPS) is 10.6. The largest absolute Gasteiger partial charge is 0.482 e. The number of carbonyl (C=O) groups is 1. The van der Waals surface area contributed by atoms with Crippen LogP contribution in [-0.2, 0) is 17.9 Å². The fourth-order valence-electron chi connectivity index (χ4n) is 2.19. The second-order valence-electron chi connectivity index (χ2n) is 5.68. The number of amides is 1. The number of aromatic nitrogens is 3. The number of thioether (sulfide) groups is 1. The van der Waals surface area contributed by atoms with Crippen molar-refractivity contribution in [1.82, 2.24) is 20.2 Å². The number of rotatable bonds is 8. The zero-order valence-electron chi connectivity index (χ0n) is 14.6. The first-order valence-corrected chi connectivity index (χ1v) is 9.22. The smallest absolute Gasteiger partial charge is 0.230 e. The van der Waals surface area contributed by atoms with Gasteiger partial charge in [0.25, 0.3) is 0 Å². The molecule has 0 fully saturated rings. The summed E-state index contributed by atoms with van der Waals surface area (Å²) in [5, 5.41) is 10.8. The minimum absolute atomic E-state index is 0.0677. The van der Waals surface area contributed by atoms with E-state index in [9.17, 15) is 13.6 Å². The number of nitrogen functional groups attached to an aromatic ring is 1. The number of nitrogens with zero attached hydrogens (tertiary/aromatic N) is 3. The minimum Gasteiger partial charge on any atom is -0.482 e. The molecular weight excluding hydrogens is 388 g/mol. The summed E-state index contributed by atoms with van der Waals surface area (Å²) in [6.07, 6.45) is 0. The molecule has 0 aliphatic rings. The van der Waals surface area contributed by atoms with E-state index in [4.69, 9.17) is 10.6 Å². The van der Waals surface area contributed by atoms with Crippen LogP contribution >= 0.6 is 11.8 Å². The van der Waals surface area contributed by atoms with Crippen molar-refractivity contribution in [2.75, 3.05) is 11.6 Å². The van der Waals surface area contributed by atoms with Crippen LogP contribution in [0.5, 0.6) is 5.75 Å². The lowest BCUT2D eigenvalue weighted by molar-refractivity contribution is -0.118. The van der Waals surface area contributed by atoms with Crippen molar-refractivity contribution in [2.24, 2.45) is 0 Å². The summed E-state index contributed by atoms with van der Waals surface area (Å²) in [4.78, 5) is 12.0. The summed E-state index contributed by atoms with van der Waals surface area (Å²) < 4.78 is 33.0. The second-order valence-corrected chi connectivity index (χ2v) is 6.62. The zero-order valence-corrected chi connectivity index (χ0v) is 15.5. The molecule has 28 heavy (non-hydrogen) atoms. The van der Waals surface area contributed by atoms with Gasteiger partial charge in [0.2, 0.25) is 11.1 Å². The summed E-state index contributed by atoms with van der Waals surface area (Å²) in [7, 11) is 0. The molecule has 0 atom stereocenters. The van der Waals surface area contributed by atoms with Crippen molar-refractivity contribution < 1.29 is 18.3 Å². The van der Waals surface area contributed by atoms with Crippen molar-refractivity contribution in [1.29, 1.82) is 0 Å². The predicted molar refractivity (Wildman–Crippen MR) is 99.9 cm³/mol. The molecule has 10 heteroatoms. The number of halogens is 2. The molecule has 0 saturated carbocycles. The van der Waals surface area contributed by atoms with Crippen LogP contribution in [-0.4, -0.2) is 26.5 Å². The lowest BCUT2D eigenvalue weighted by atomic mass is 10.2. The van der Waals surface area contributed by atoms with Gasteiger partial charge >= 0.3 is 0 Å². The van der Waals surface area contributed by atoms with E-state index in [1.165, 1.54) is 28.9 Å². The number of benzene rings is 2. The van der Waals surface area contributed by atoms with Crippen LogP contribution < -0.4 is 15.9 Å². The van der Waals surface area contributed by atoms with Crippen LogP contribution in [0.15, 0.2) is 53.7 Å². The van der Waals surface area contributed by atoms with Gasteiger partial charge in [-0.3, -0.25) is 4.79 Å². The molecule has 0 aliphatic heterocycles. The Labute approximate surface area is 163 Å². The highest BCUT2D eigenvalue weighted by atomic mass is 32.2. The Kier molecular flexibility index (Phi) is 6.43. The molecule has 2 aromatic carbocycles. The summed E-state index contributed by atoms with van der Waals surface area (Å²) in [6, 6.07) is 11.8. The Balaban J connectivity index is 1.47. The van der Waals surface area contributed by atoms with Crippen molar-refractivity contribution >= 4 is 17.7 Å². The van der Waals surface area contributed by atoms with Crippen molar-refractivity contribution in [2.45, 2.75) is 18.3 Å². The monoisotopic (exact) mass is 405 g/mol. The van der Waals surface area contributed by atoms with Crippen molar-refractivity contribution in [3.05, 3.63) is 71.6 Å². The maximum absolute atomic E-state index is 13.6. The Hall–Kier alpha value is -3.14. The van der Waals surface area contributed by atoms with E-state index in [-0.39, 0.29) is 42.2 Å². The van der Waals surface area contributed by atoms with Gasteiger partial charge in [0.1, 0.15) is 12.4 Å². The topological polar surface area (TPSA) is 95.1 Å². The average molecular weight is 405 g/mol. The Morgan fingerprint density at radius 3 is 2.64 bits per heavy atom. The van der Waals surface area contributed by atoms with E-state index < -0.39 is 5.82 Å². The molecule has 0 bridgehead atoms. The Morgan fingerprint density at radius 2 is 1.89 bits per heavy atom. The highest BCUT2D eigenvalue weighted by molar-refractivity contribution is 7.99. The van der Waals surface area contributed by atoms with Crippen molar-refractivity contribution in [3.8, 4) is 5.75 Å². The molecule has 0 unspecified atom stereocenters. The van der Waals surface area contributed by atoms with Gasteiger partial charge in [-0.25, -0.2) is 13.5 Å². The Bertz CT molecular complexity index is 949. The number of nitrogens with one attached hydrogen (secondary N) is 1. The fourth-order valence-corrected chi connectivity index (χ4v) is 2.90.